The number of carbonyl (C=O) groups excluding carboxylic acids is 2. The maximum Gasteiger partial charge on any atom is 0.513 e. The standard InChI is InChI=1S/C24H30N2O6.ClH/c1-16(2)22(25)23(27)26-11-12-31-24(28)32-19-9-7-17(8-10-19)5-6-18-13-20(29-3)15-21(14-18)30-4;/h5-10,13-16,22H,11-12,25H2,1-4H3,(H,26,27);1H. The molecule has 0 spiro atoms. The van der Waals surface area contributed by atoms with Gasteiger partial charge in [-0.3, -0.25) is 4.79 Å². The second-order valence-corrected chi connectivity index (χ2v) is 7.31. The number of rotatable bonds is 10. The molecule has 0 fully saturated rings. The molecule has 1 atom stereocenters. The molecule has 0 bridgehead atoms. The Labute approximate surface area is 200 Å². The van der Waals surface area contributed by atoms with E-state index in [4.69, 9.17) is 24.7 Å². The van der Waals surface area contributed by atoms with Gasteiger partial charge in [0.2, 0.25) is 5.91 Å². The zero-order valence-electron chi connectivity index (χ0n) is 19.2. The number of amides is 1. The summed E-state index contributed by atoms with van der Waals surface area (Å²) in [5, 5.41) is 2.61. The summed E-state index contributed by atoms with van der Waals surface area (Å²) in [5.41, 5.74) is 7.57. The molecule has 1 unspecified atom stereocenters. The van der Waals surface area contributed by atoms with Crippen molar-refractivity contribution in [2.24, 2.45) is 11.7 Å². The number of carbonyl (C=O) groups is 2. The predicted octanol–water partition coefficient (Wildman–Crippen LogP) is 3.91. The van der Waals surface area contributed by atoms with Gasteiger partial charge >= 0.3 is 6.16 Å². The van der Waals surface area contributed by atoms with Crippen LogP contribution in [-0.2, 0) is 9.53 Å². The van der Waals surface area contributed by atoms with E-state index in [-0.39, 0.29) is 37.4 Å². The molecule has 2 aromatic rings. The van der Waals surface area contributed by atoms with Crippen molar-refractivity contribution in [1.82, 2.24) is 5.32 Å². The highest BCUT2D eigenvalue weighted by molar-refractivity contribution is 5.85. The lowest BCUT2D eigenvalue weighted by Crippen LogP contribution is -2.45. The molecule has 2 aromatic carbocycles. The Morgan fingerprint density at radius 2 is 1.52 bits per heavy atom. The SMILES string of the molecule is COc1cc(C=Cc2ccc(OC(=O)OCCNC(=O)C(N)C(C)C)cc2)cc(OC)c1.Cl. The molecular weight excluding hydrogens is 448 g/mol. The van der Waals surface area contributed by atoms with Gasteiger partial charge in [0.05, 0.1) is 26.8 Å². The van der Waals surface area contributed by atoms with Crippen molar-refractivity contribution in [3.8, 4) is 17.2 Å². The number of halogens is 1. The number of nitrogens with one attached hydrogen (secondary N) is 1. The van der Waals surface area contributed by atoms with E-state index in [0.29, 0.717) is 17.2 Å². The summed E-state index contributed by atoms with van der Waals surface area (Å²) in [6, 6.07) is 11.9. The first-order valence-electron chi connectivity index (χ1n) is 10.2. The van der Waals surface area contributed by atoms with Gasteiger partial charge in [-0.1, -0.05) is 38.1 Å². The predicted molar refractivity (Wildman–Crippen MR) is 130 cm³/mol. The molecule has 0 aliphatic heterocycles. The van der Waals surface area contributed by atoms with Crippen molar-refractivity contribution in [2.75, 3.05) is 27.4 Å². The molecule has 2 rings (SSSR count). The Bertz CT molecular complexity index is 909. The van der Waals surface area contributed by atoms with Gasteiger partial charge in [0.1, 0.15) is 23.9 Å². The highest BCUT2D eigenvalue weighted by atomic mass is 35.5. The molecular formula is C24H31ClN2O6. The molecule has 9 heteroatoms. The summed E-state index contributed by atoms with van der Waals surface area (Å²) in [6.45, 7) is 3.86. The lowest BCUT2D eigenvalue weighted by molar-refractivity contribution is -0.123. The molecule has 1 amide bonds. The van der Waals surface area contributed by atoms with Crippen LogP contribution in [0, 0.1) is 5.92 Å². The summed E-state index contributed by atoms with van der Waals surface area (Å²) >= 11 is 0. The summed E-state index contributed by atoms with van der Waals surface area (Å²) < 4.78 is 20.6. The van der Waals surface area contributed by atoms with Gasteiger partial charge in [-0.2, -0.15) is 0 Å². The van der Waals surface area contributed by atoms with Gasteiger partial charge in [-0.25, -0.2) is 4.79 Å². The molecule has 3 N–H and O–H groups in total. The van der Waals surface area contributed by atoms with Crippen LogP contribution in [-0.4, -0.2) is 45.5 Å². The van der Waals surface area contributed by atoms with Gasteiger partial charge < -0.3 is 30.0 Å². The molecule has 8 nitrogen and oxygen atoms in total. The Morgan fingerprint density at radius 1 is 0.939 bits per heavy atom. The third-order valence-electron chi connectivity index (χ3n) is 4.57. The Balaban J connectivity index is 0.00000544. The minimum absolute atomic E-state index is 0. The zero-order chi connectivity index (χ0) is 23.5. The Morgan fingerprint density at radius 3 is 2.06 bits per heavy atom. The van der Waals surface area contributed by atoms with Crippen LogP contribution < -0.4 is 25.3 Å². The minimum atomic E-state index is -0.848. The zero-order valence-corrected chi connectivity index (χ0v) is 20.0. The van der Waals surface area contributed by atoms with Crippen LogP contribution >= 0.6 is 12.4 Å². The third kappa shape index (κ3) is 9.43. The summed E-state index contributed by atoms with van der Waals surface area (Å²) in [5.74, 6) is 1.49. The topological polar surface area (TPSA) is 109 Å². The van der Waals surface area contributed by atoms with Gasteiger partial charge in [-0.05, 0) is 41.3 Å². The summed E-state index contributed by atoms with van der Waals surface area (Å²) in [7, 11) is 3.20. The molecule has 0 aliphatic carbocycles. The first kappa shape index (κ1) is 27.8. The molecule has 0 radical (unpaired) electrons. The van der Waals surface area contributed by atoms with E-state index in [1.807, 2.05) is 50.3 Å². The summed E-state index contributed by atoms with van der Waals surface area (Å²) in [4.78, 5) is 23.5. The van der Waals surface area contributed by atoms with Gasteiger partial charge in [0.25, 0.3) is 0 Å². The lowest BCUT2D eigenvalue weighted by atomic mass is 10.1. The number of methoxy groups -OCH3 is 2. The van der Waals surface area contributed by atoms with Crippen LogP contribution in [0.1, 0.15) is 25.0 Å². The van der Waals surface area contributed by atoms with Gasteiger partial charge in [0.15, 0.2) is 0 Å². The van der Waals surface area contributed by atoms with Crippen LogP contribution in [0.5, 0.6) is 17.2 Å². The highest BCUT2D eigenvalue weighted by Gasteiger charge is 2.16. The minimum Gasteiger partial charge on any atom is -0.497 e. The largest absolute Gasteiger partial charge is 0.513 e. The average molecular weight is 479 g/mol. The summed E-state index contributed by atoms with van der Waals surface area (Å²) in [6.07, 6.45) is 2.99. The number of hydrogen-bond donors (Lipinski definition) is 2. The van der Waals surface area contributed by atoms with Crippen molar-refractivity contribution >= 4 is 36.6 Å². The third-order valence-corrected chi connectivity index (χ3v) is 4.57. The molecule has 0 saturated carbocycles. The smallest absolute Gasteiger partial charge is 0.497 e. The van der Waals surface area contributed by atoms with E-state index in [2.05, 4.69) is 5.32 Å². The Hall–Kier alpha value is -3.23. The van der Waals surface area contributed by atoms with Crippen molar-refractivity contribution < 1.29 is 28.5 Å². The fourth-order valence-electron chi connectivity index (χ4n) is 2.62. The van der Waals surface area contributed by atoms with Crippen molar-refractivity contribution in [1.29, 1.82) is 0 Å². The van der Waals surface area contributed by atoms with Crippen LogP contribution in [0.25, 0.3) is 12.2 Å². The number of nitrogens with two attached hydrogens (primary N) is 1. The molecule has 180 valence electrons. The van der Waals surface area contributed by atoms with Crippen molar-refractivity contribution in [3.63, 3.8) is 0 Å². The molecule has 0 aromatic heterocycles. The van der Waals surface area contributed by atoms with Crippen molar-refractivity contribution in [3.05, 3.63) is 53.6 Å². The first-order valence-corrected chi connectivity index (χ1v) is 10.2. The number of benzene rings is 2. The van der Waals surface area contributed by atoms with Gasteiger partial charge in [-0.15, -0.1) is 12.4 Å². The van der Waals surface area contributed by atoms with E-state index >= 15 is 0 Å². The van der Waals surface area contributed by atoms with E-state index in [1.165, 1.54) is 0 Å². The maximum absolute atomic E-state index is 11.8. The van der Waals surface area contributed by atoms with Crippen LogP contribution in [0.4, 0.5) is 4.79 Å². The first-order chi connectivity index (χ1) is 15.3. The number of ether oxygens (including phenoxy) is 4. The monoisotopic (exact) mass is 478 g/mol. The second kappa shape index (κ2) is 14.0. The maximum atomic E-state index is 11.8. The molecule has 0 heterocycles. The molecule has 0 saturated heterocycles. The van der Waals surface area contributed by atoms with E-state index in [0.717, 1.165) is 11.1 Å². The van der Waals surface area contributed by atoms with E-state index in [9.17, 15) is 9.59 Å². The lowest BCUT2D eigenvalue weighted by Gasteiger charge is -2.15. The molecule has 33 heavy (non-hydrogen) atoms. The number of hydrogen-bond acceptors (Lipinski definition) is 7. The fourth-order valence-corrected chi connectivity index (χ4v) is 2.62. The highest BCUT2D eigenvalue weighted by Crippen LogP contribution is 2.24. The second-order valence-electron chi connectivity index (χ2n) is 7.31. The van der Waals surface area contributed by atoms with Crippen LogP contribution in [0.15, 0.2) is 42.5 Å². The van der Waals surface area contributed by atoms with Crippen LogP contribution in [0.3, 0.4) is 0 Å². The average Bonchev–Trinajstić information content (AvgIpc) is 2.80. The van der Waals surface area contributed by atoms with E-state index in [1.54, 1.807) is 32.4 Å². The Kier molecular flexibility index (Phi) is 11.8. The quantitative estimate of drug-likeness (QED) is 0.230. The fraction of sp³-hybridized carbons (Fsp3) is 0.333. The normalized spacial score (nSPS) is 11.5. The van der Waals surface area contributed by atoms with Gasteiger partial charge in [0, 0.05) is 6.07 Å². The molecule has 0 aliphatic rings. The van der Waals surface area contributed by atoms with Crippen LogP contribution in [0.2, 0.25) is 0 Å². The van der Waals surface area contributed by atoms with E-state index < -0.39 is 12.2 Å². The van der Waals surface area contributed by atoms with Crippen molar-refractivity contribution in [2.45, 2.75) is 19.9 Å².